The van der Waals surface area contributed by atoms with Crippen LogP contribution in [0.2, 0.25) is 0 Å². The van der Waals surface area contributed by atoms with E-state index < -0.39 is 5.82 Å². The molecule has 2 rings (SSSR count). The summed E-state index contributed by atoms with van der Waals surface area (Å²) in [5, 5.41) is 2.78. The molecule has 0 bridgehead atoms. The highest BCUT2D eigenvalue weighted by Crippen LogP contribution is 2.29. The number of anilines is 1. The molecule has 1 amide bonds. The Morgan fingerprint density at radius 1 is 1.56 bits per heavy atom. The largest absolute Gasteiger partial charge is 0.399 e. The van der Waals surface area contributed by atoms with Gasteiger partial charge in [0.2, 0.25) is 0 Å². The third kappa shape index (κ3) is 2.01. The first-order valence-electron chi connectivity index (χ1n) is 5.35. The molecule has 1 aromatic rings. The van der Waals surface area contributed by atoms with Crippen LogP contribution in [0.4, 0.5) is 10.1 Å². The first-order chi connectivity index (χ1) is 7.49. The molecule has 4 heteroatoms. The fraction of sp³-hybridized carbons (Fsp3) is 0.417. The number of aryl methyl sites for hydroxylation is 1. The number of carbonyl (C=O) groups excluding carboxylic acids is 1. The lowest BCUT2D eigenvalue weighted by atomic mass is 10.1. The molecule has 16 heavy (non-hydrogen) atoms. The Morgan fingerprint density at radius 2 is 2.19 bits per heavy atom. The lowest BCUT2D eigenvalue weighted by Gasteiger charge is -2.08. The van der Waals surface area contributed by atoms with E-state index in [0.29, 0.717) is 17.2 Å². The quantitative estimate of drug-likeness (QED) is 0.750. The van der Waals surface area contributed by atoms with Crippen LogP contribution in [0, 0.1) is 18.7 Å². The fourth-order valence-electron chi connectivity index (χ4n) is 1.73. The summed E-state index contributed by atoms with van der Waals surface area (Å²) in [4.78, 5) is 11.8. The Kier molecular flexibility index (Phi) is 2.58. The molecule has 0 saturated heterocycles. The zero-order valence-electron chi connectivity index (χ0n) is 9.38. The van der Waals surface area contributed by atoms with Gasteiger partial charge < -0.3 is 11.1 Å². The topological polar surface area (TPSA) is 55.1 Å². The summed E-state index contributed by atoms with van der Waals surface area (Å²) in [6.45, 7) is 3.65. The number of rotatable bonds is 2. The van der Waals surface area contributed by atoms with Crippen molar-refractivity contribution < 1.29 is 9.18 Å². The molecular weight excluding hydrogens is 207 g/mol. The van der Waals surface area contributed by atoms with Crippen molar-refractivity contribution in [2.45, 2.75) is 26.3 Å². The van der Waals surface area contributed by atoms with Gasteiger partial charge in [-0.1, -0.05) is 6.92 Å². The number of nitrogen functional groups attached to an aromatic ring is 1. The molecule has 1 aliphatic rings. The maximum absolute atomic E-state index is 13.7. The summed E-state index contributed by atoms with van der Waals surface area (Å²) in [5.74, 6) is -0.364. The second-order valence-electron chi connectivity index (χ2n) is 4.49. The number of hydrogen-bond donors (Lipinski definition) is 2. The summed E-state index contributed by atoms with van der Waals surface area (Å²) in [5.41, 5.74) is 6.44. The SMILES string of the molecule is Cc1cc(N)cc(C(=O)NC2CC2C)c1F. The summed E-state index contributed by atoms with van der Waals surface area (Å²) < 4.78 is 13.7. The van der Waals surface area contributed by atoms with Crippen LogP contribution in [0.15, 0.2) is 12.1 Å². The van der Waals surface area contributed by atoms with Gasteiger partial charge in [-0.3, -0.25) is 4.79 Å². The van der Waals surface area contributed by atoms with Crippen LogP contribution in [-0.4, -0.2) is 11.9 Å². The van der Waals surface area contributed by atoms with E-state index in [0.717, 1.165) is 6.42 Å². The molecule has 2 atom stereocenters. The molecule has 86 valence electrons. The summed E-state index contributed by atoms with van der Waals surface area (Å²) in [6, 6.07) is 3.09. The van der Waals surface area contributed by atoms with Crippen LogP contribution >= 0.6 is 0 Å². The van der Waals surface area contributed by atoms with Crippen molar-refractivity contribution >= 4 is 11.6 Å². The Balaban J connectivity index is 2.22. The highest BCUT2D eigenvalue weighted by Gasteiger charge is 2.34. The minimum atomic E-state index is -0.486. The number of carbonyl (C=O) groups is 1. The van der Waals surface area contributed by atoms with Gasteiger partial charge >= 0.3 is 0 Å². The molecule has 0 spiro atoms. The van der Waals surface area contributed by atoms with Crippen LogP contribution in [0.5, 0.6) is 0 Å². The van der Waals surface area contributed by atoms with Gasteiger partial charge in [-0.15, -0.1) is 0 Å². The maximum atomic E-state index is 13.7. The van der Waals surface area contributed by atoms with Crippen molar-refractivity contribution in [1.29, 1.82) is 0 Å². The fourth-order valence-corrected chi connectivity index (χ4v) is 1.73. The summed E-state index contributed by atoms with van der Waals surface area (Å²) in [7, 11) is 0. The third-order valence-corrected chi connectivity index (χ3v) is 2.95. The minimum absolute atomic E-state index is 0.0385. The molecule has 2 unspecified atom stereocenters. The summed E-state index contributed by atoms with van der Waals surface area (Å²) in [6.07, 6.45) is 0.967. The van der Waals surface area contributed by atoms with Crippen LogP contribution < -0.4 is 11.1 Å². The Bertz CT molecular complexity index is 445. The van der Waals surface area contributed by atoms with E-state index in [1.54, 1.807) is 6.92 Å². The summed E-state index contributed by atoms with van der Waals surface area (Å²) >= 11 is 0. The average molecular weight is 222 g/mol. The predicted octanol–water partition coefficient (Wildman–Crippen LogP) is 1.85. The standard InChI is InChI=1S/C12H15FN2O/c1-6-4-10(6)15-12(16)9-5-8(14)3-7(2)11(9)13/h3,5-6,10H,4,14H2,1-2H3,(H,15,16). The first-order valence-corrected chi connectivity index (χ1v) is 5.35. The molecule has 0 radical (unpaired) electrons. The van der Waals surface area contributed by atoms with E-state index in [-0.39, 0.29) is 17.5 Å². The zero-order chi connectivity index (χ0) is 11.9. The molecule has 0 aliphatic heterocycles. The van der Waals surface area contributed by atoms with Crippen molar-refractivity contribution in [1.82, 2.24) is 5.32 Å². The van der Waals surface area contributed by atoms with E-state index in [2.05, 4.69) is 5.32 Å². The third-order valence-electron chi connectivity index (χ3n) is 2.95. The second-order valence-corrected chi connectivity index (χ2v) is 4.49. The molecule has 1 saturated carbocycles. The van der Waals surface area contributed by atoms with Gasteiger partial charge in [0, 0.05) is 11.7 Å². The van der Waals surface area contributed by atoms with E-state index in [1.807, 2.05) is 6.92 Å². The monoisotopic (exact) mass is 222 g/mol. The molecule has 1 aromatic carbocycles. The number of nitrogens with two attached hydrogens (primary N) is 1. The number of amides is 1. The molecular formula is C12H15FN2O. The number of hydrogen-bond acceptors (Lipinski definition) is 2. The Hall–Kier alpha value is -1.58. The Morgan fingerprint density at radius 3 is 2.75 bits per heavy atom. The van der Waals surface area contributed by atoms with Crippen molar-refractivity contribution in [3.05, 3.63) is 29.1 Å². The van der Waals surface area contributed by atoms with Crippen molar-refractivity contribution in [3.8, 4) is 0 Å². The lowest BCUT2D eigenvalue weighted by Crippen LogP contribution is -2.27. The highest BCUT2D eigenvalue weighted by atomic mass is 19.1. The second kappa shape index (κ2) is 3.77. The Labute approximate surface area is 93.8 Å². The number of benzene rings is 1. The first kappa shape index (κ1) is 10.9. The molecule has 1 aliphatic carbocycles. The molecule has 0 aromatic heterocycles. The smallest absolute Gasteiger partial charge is 0.254 e. The van der Waals surface area contributed by atoms with E-state index in [9.17, 15) is 9.18 Å². The zero-order valence-corrected chi connectivity index (χ0v) is 9.38. The van der Waals surface area contributed by atoms with Gasteiger partial charge in [0.05, 0.1) is 5.56 Å². The number of nitrogens with one attached hydrogen (secondary N) is 1. The maximum Gasteiger partial charge on any atom is 0.254 e. The minimum Gasteiger partial charge on any atom is -0.399 e. The molecule has 1 fully saturated rings. The highest BCUT2D eigenvalue weighted by molar-refractivity contribution is 5.96. The average Bonchev–Trinajstić information content (AvgIpc) is 2.87. The van der Waals surface area contributed by atoms with E-state index in [1.165, 1.54) is 12.1 Å². The normalized spacial score (nSPS) is 22.9. The van der Waals surface area contributed by atoms with Gasteiger partial charge in [-0.25, -0.2) is 4.39 Å². The van der Waals surface area contributed by atoms with Crippen LogP contribution in [0.1, 0.15) is 29.3 Å². The van der Waals surface area contributed by atoms with Gasteiger partial charge in [-0.05, 0) is 37.0 Å². The molecule has 3 nitrogen and oxygen atoms in total. The van der Waals surface area contributed by atoms with Crippen molar-refractivity contribution in [2.75, 3.05) is 5.73 Å². The van der Waals surface area contributed by atoms with Gasteiger partial charge in [-0.2, -0.15) is 0 Å². The van der Waals surface area contributed by atoms with Crippen molar-refractivity contribution in [3.63, 3.8) is 0 Å². The van der Waals surface area contributed by atoms with Crippen LogP contribution in [-0.2, 0) is 0 Å². The number of halogens is 1. The van der Waals surface area contributed by atoms with E-state index >= 15 is 0 Å². The van der Waals surface area contributed by atoms with Crippen LogP contribution in [0.25, 0.3) is 0 Å². The van der Waals surface area contributed by atoms with Gasteiger partial charge in [0.15, 0.2) is 0 Å². The predicted molar refractivity (Wildman–Crippen MR) is 60.6 cm³/mol. The lowest BCUT2D eigenvalue weighted by molar-refractivity contribution is 0.0945. The van der Waals surface area contributed by atoms with Gasteiger partial charge in [0.1, 0.15) is 5.82 Å². The molecule has 3 N–H and O–H groups in total. The van der Waals surface area contributed by atoms with Crippen molar-refractivity contribution in [2.24, 2.45) is 5.92 Å². The van der Waals surface area contributed by atoms with Crippen LogP contribution in [0.3, 0.4) is 0 Å². The van der Waals surface area contributed by atoms with E-state index in [4.69, 9.17) is 5.73 Å². The van der Waals surface area contributed by atoms with Gasteiger partial charge in [0.25, 0.3) is 5.91 Å². The molecule has 0 heterocycles.